The Kier molecular flexibility index (Phi) is 5.99. The average molecular weight is 385 g/mol. The van der Waals surface area contributed by atoms with Crippen molar-refractivity contribution >= 4 is 28.9 Å². The summed E-state index contributed by atoms with van der Waals surface area (Å²) in [5.41, 5.74) is 2.24. The maximum absolute atomic E-state index is 11.7. The van der Waals surface area contributed by atoms with E-state index in [0.717, 1.165) is 21.9 Å². The highest BCUT2D eigenvalue weighted by Crippen LogP contribution is 2.20. The van der Waals surface area contributed by atoms with Crippen LogP contribution in [-0.2, 0) is 9.53 Å². The molecule has 4 heteroatoms. The van der Waals surface area contributed by atoms with Crippen molar-refractivity contribution in [1.82, 2.24) is 0 Å². The molecule has 0 fully saturated rings. The summed E-state index contributed by atoms with van der Waals surface area (Å²) in [6.45, 7) is 5.36. The molecule has 0 saturated heterocycles. The molecule has 0 atom stereocenters. The van der Waals surface area contributed by atoms with Gasteiger partial charge in [-0.3, -0.25) is 0 Å². The first-order valence-corrected chi connectivity index (χ1v) is 9.39. The molecule has 3 rings (SSSR count). The monoisotopic (exact) mass is 385 g/mol. The van der Waals surface area contributed by atoms with E-state index >= 15 is 0 Å². The number of nitrogens with zero attached hydrogens (tertiary/aromatic N) is 1. The lowest BCUT2D eigenvalue weighted by atomic mass is 10.0. The van der Waals surface area contributed by atoms with Gasteiger partial charge in [-0.15, -0.1) is 0 Å². The summed E-state index contributed by atoms with van der Waals surface area (Å²) >= 11 is 0. The highest BCUT2D eigenvalue weighted by molar-refractivity contribution is 5.87. The van der Waals surface area contributed by atoms with Crippen LogP contribution in [0.25, 0.3) is 22.9 Å². The van der Waals surface area contributed by atoms with Crippen LogP contribution < -0.4 is 4.74 Å². The van der Waals surface area contributed by atoms with Crippen molar-refractivity contribution < 1.29 is 14.3 Å². The second kappa shape index (κ2) is 8.62. The van der Waals surface area contributed by atoms with Crippen LogP contribution in [0, 0.1) is 11.3 Å². The van der Waals surface area contributed by atoms with Gasteiger partial charge in [0.05, 0.1) is 11.6 Å². The Morgan fingerprint density at radius 2 is 1.55 bits per heavy atom. The number of hydrogen-bond acceptors (Lipinski definition) is 4. The summed E-state index contributed by atoms with van der Waals surface area (Å²) in [7, 11) is 0. The lowest BCUT2D eigenvalue weighted by Gasteiger charge is -2.19. The predicted octanol–water partition coefficient (Wildman–Crippen LogP) is 5.60. The molecule has 3 aromatic rings. The van der Waals surface area contributed by atoms with E-state index in [9.17, 15) is 4.79 Å². The van der Waals surface area contributed by atoms with E-state index in [2.05, 4.69) is 12.1 Å². The highest BCUT2D eigenvalue weighted by Gasteiger charge is 2.16. The zero-order valence-electron chi connectivity index (χ0n) is 16.8. The smallest absolute Gasteiger partial charge is 0.344 e. The van der Waals surface area contributed by atoms with Gasteiger partial charge in [-0.05, 0) is 73.0 Å². The molecule has 0 unspecified atom stereocenters. The number of rotatable bonds is 5. The Morgan fingerprint density at radius 1 is 0.931 bits per heavy atom. The number of carbonyl (C=O) groups is 1. The summed E-state index contributed by atoms with van der Waals surface area (Å²) in [5.74, 6) is 0.228. The van der Waals surface area contributed by atoms with Crippen molar-refractivity contribution in [1.29, 1.82) is 5.26 Å². The van der Waals surface area contributed by atoms with Crippen LogP contribution in [0.5, 0.6) is 5.75 Å². The van der Waals surface area contributed by atoms with Gasteiger partial charge in [0.25, 0.3) is 0 Å². The number of ether oxygens (including phenoxy) is 2. The molecule has 0 aromatic heterocycles. The Hall–Kier alpha value is -3.58. The third-order valence-corrected chi connectivity index (χ3v) is 4.12. The van der Waals surface area contributed by atoms with Gasteiger partial charge in [0.1, 0.15) is 11.4 Å². The molecular weight excluding hydrogens is 362 g/mol. The lowest BCUT2D eigenvalue weighted by molar-refractivity contribution is -0.157. The molecule has 0 N–H and O–H groups in total. The molecule has 0 aliphatic heterocycles. The summed E-state index contributed by atoms with van der Waals surface area (Å²) in [4.78, 5) is 11.7. The third kappa shape index (κ3) is 5.95. The maximum atomic E-state index is 11.7. The first-order chi connectivity index (χ1) is 13.8. The van der Waals surface area contributed by atoms with E-state index in [-0.39, 0.29) is 12.6 Å². The van der Waals surface area contributed by atoms with Crippen molar-refractivity contribution in [2.75, 3.05) is 6.61 Å². The van der Waals surface area contributed by atoms with Crippen molar-refractivity contribution in [2.45, 2.75) is 26.4 Å². The third-order valence-electron chi connectivity index (χ3n) is 4.12. The number of carbonyl (C=O) groups excluding carboxylic acids is 1. The quantitative estimate of drug-likeness (QED) is 0.423. The van der Waals surface area contributed by atoms with Gasteiger partial charge in [0, 0.05) is 0 Å². The zero-order chi connectivity index (χ0) is 20.9. The molecule has 3 aromatic carbocycles. The molecule has 0 amide bonds. The highest BCUT2D eigenvalue weighted by atomic mass is 16.6. The van der Waals surface area contributed by atoms with E-state index in [1.165, 1.54) is 0 Å². The fraction of sp³-hybridized carbons (Fsp3) is 0.200. The van der Waals surface area contributed by atoms with Gasteiger partial charge in [-0.2, -0.15) is 5.26 Å². The van der Waals surface area contributed by atoms with Crippen LogP contribution in [-0.4, -0.2) is 18.2 Å². The van der Waals surface area contributed by atoms with E-state index in [0.29, 0.717) is 11.3 Å². The van der Waals surface area contributed by atoms with Gasteiger partial charge in [-0.25, -0.2) is 4.79 Å². The van der Waals surface area contributed by atoms with E-state index in [4.69, 9.17) is 14.7 Å². The first kappa shape index (κ1) is 20.2. The van der Waals surface area contributed by atoms with Crippen LogP contribution >= 0.6 is 0 Å². The number of esters is 1. The normalized spacial score (nSPS) is 11.4. The molecule has 0 spiro atoms. The lowest BCUT2D eigenvalue weighted by Crippen LogP contribution is -2.27. The van der Waals surface area contributed by atoms with Crippen LogP contribution in [0.1, 0.15) is 37.5 Å². The van der Waals surface area contributed by atoms with E-state index in [1.807, 2.05) is 87.5 Å². The Labute approximate surface area is 171 Å². The van der Waals surface area contributed by atoms with Crippen LogP contribution in [0.2, 0.25) is 0 Å². The molecule has 4 nitrogen and oxygen atoms in total. The Morgan fingerprint density at radius 3 is 2.24 bits per heavy atom. The Bertz CT molecular complexity index is 1080. The SMILES string of the molecule is CC(C)(C)OC(=O)COc1ccc(/C=C/c2ccc3cc(C#N)ccc3c2)cc1. The second-order valence-electron chi connectivity index (χ2n) is 7.71. The van der Waals surface area contributed by atoms with Gasteiger partial charge >= 0.3 is 5.97 Å². The van der Waals surface area contributed by atoms with Crippen LogP contribution in [0.3, 0.4) is 0 Å². The van der Waals surface area contributed by atoms with Gasteiger partial charge in [0.2, 0.25) is 0 Å². The molecule has 0 aliphatic carbocycles. The summed E-state index contributed by atoms with van der Waals surface area (Å²) < 4.78 is 10.7. The maximum Gasteiger partial charge on any atom is 0.344 e. The first-order valence-electron chi connectivity index (χ1n) is 9.39. The number of fused-ring (bicyclic) bond motifs is 1. The Balaban J connectivity index is 1.62. The molecule has 146 valence electrons. The van der Waals surface area contributed by atoms with Crippen molar-refractivity contribution in [3.8, 4) is 11.8 Å². The fourth-order valence-corrected chi connectivity index (χ4v) is 2.82. The molecule has 0 heterocycles. The van der Waals surface area contributed by atoms with Gasteiger partial charge in [-0.1, -0.05) is 42.5 Å². The molecule has 0 aliphatic rings. The molecule has 0 saturated carbocycles. The molecule has 0 radical (unpaired) electrons. The molecule has 0 bridgehead atoms. The van der Waals surface area contributed by atoms with E-state index < -0.39 is 5.60 Å². The van der Waals surface area contributed by atoms with Crippen molar-refractivity contribution in [3.05, 3.63) is 77.4 Å². The predicted molar refractivity (Wildman–Crippen MR) is 115 cm³/mol. The standard InChI is InChI=1S/C25H23NO3/c1-25(2,3)29-24(27)17-28-23-12-8-18(9-13-23)4-5-19-6-10-22-15-20(16-26)7-11-21(22)14-19/h4-15H,17H2,1-3H3/b5-4+. The summed E-state index contributed by atoms with van der Waals surface area (Å²) in [6, 6.07) is 21.5. The summed E-state index contributed by atoms with van der Waals surface area (Å²) in [5, 5.41) is 11.1. The zero-order valence-corrected chi connectivity index (χ0v) is 16.8. The van der Waals surface area contributed by atoms with E-state index in [1.54, 1.807) is 0 Å². The topological polar surface area (TPSA) is 59.3 Å². The minimum Gasteiger partial charge on any atom is -0.482 e. The number of benzene rings is 3. The fourth-order valence-electron chi connectivity index (χ4n) is 2.82. The minimum absolute atomic E-state index is 0.114. The van der Waals surface area contributed by atoms with Crippen LogP contribution in [0.4, 0.5) is 0 Å². The van der Waals surface area contributed by atoms with Gasteiger partial charge in [0.15, 0.2) is 6.61 Å². The minimum atomic E-state index is -0.518. The number of hydrogen-bond donors (Lipinski definition) is 0. The van der Waals surface area contributed by atoms with Crippen molar-refractivity contribution in [3.63, 3.8) is 0 Å². The van der Waals surface area contributed by atoms with Crippen LogP contribution in [0.15, 0.2) is 60.7 Å². The number of nitriles is 1. The summed E-state index contributed by atoms with van der Waals surface area (Å²) in [6.07, 6.45) is 4.05. The van der Waals surface area contributed by atoms with Gasteiger partial charge < -0.3 is 9.47 Å². The molecular formula is C25H23NO3. The second-order valence-corrected chi connectivity index (χ2v) is 7.71. The van der Waals surface area contributed by atoms with Crippen molar-refractivity contribution in [2.24, 2.45) is 0 Å². The molecule has 29 heavy (non-hydrogen) atoms. The average Bonchev–Trinajstić information content (AvgIpc) is 2.69. The largest absolute Gasteiger partial charge is 0.482 e.